The SMILES string of the molecule is CC(C)NC(C)(Cc1ccc(F)cc1)C(N)=O. The van der Waals surface area contributed by atoms with Gasteiger partial charge in [0.2, 0.25) is 5.91 Å². The Bertz CT molecular complexity index is 389. The van der Waals surface area contributed by atoms with Crippen molar-refractivity contribution in [3.63, 3.8) is 0 Å². The summed E-state index contributed by atoms with van der Waals surface area (Å²) in [5.74, 6) is -0.693. The molecule has 0 saturated heterocycles. The molecular weight excluding hydrogens is 219 g/mol. The van der Waals surface area contributed by atoms with E-state index < -0.39 is 11.4 Å². The highest BCUT2D eigenvalue weighted by Gasteiger charge is 2.31. The van der Waals surface area contributed by atoms with Crippen LogP contribution in [0.3, 0.4) is 0 Å². The fourth-order valence-corrected chi connectivity index (χ4v) is 1.86. The van der Waals surface area contributed by atoms with Crippen LogP contribution >= 0.6 is 0 Å². The maximum atomic E-state index is 12.8. The van der Waals surface area contributed by atoms with Crippen LogP contribution in [0.4, 0.5) is 4.39 Å². The van der Waals surface area contributed by atoms with Gasteiger partial charge in [0, 0.05) is 6.04 Å². The van der Waals surface area contributed by atoms with Gasteiger partial charge >= 0.3 is 0 Å². The van der Waals surface area contributed by atoms with Gasteiger partial charge in [-0.15, -0.1) is 0 Å². The molecule has 3 N–H and O–H groups in total. The van der Waals surface area contributed by atoms with Crippen molar-refractivity contribution in [3.8, 4) is 0 Å². The molecule has 1 atom stereocenters. The van der Waals surface area contributed by atoms with Gasteiger partial charge in [-0.05, 0) is 44.9 Å². The van der Waals surface area contributed by atoms with Gasteiger partial charge < -0.3 is 11.1 Å². The van der Waals surface area contributed by atoms with E-state index in [1.54, 1.807) is 19.1 Å². The Morgan fingerprint density at radius 2 is 1.94 bits per heavy atom. The number of hydrogen-bond donors (Lipinski definition) is 2. The molecule has 0 fully saturated rings. The summed E-state index contributed by atoms with van der Waals surface area (Å²) in [4.78, 5) is 11.5. The zero-order chi connectivity index (χ0) is 13.1. The van der Waals surface area contributed by atoms with Crippen LogP contribution in [0.25, 0.3) is 0 Å². The highest BCUT2D eigenvalue weighted by atomic mass is 19.1. The molecule has 94 valence electrons. The monoisotopic (exact) mass is 238 g/mol. The van der Waals surface area contributed by atoms with Gasteiger partial charge in [-0.1, -0.05) is 12.1 Å². The van der Waals surface area contributed by atoms with Crippen molar-refractivity contribution in [1.82, 2.24) is 5.32 Å². The lowest BCUT2D eigenvalue weighted by Crippen LogP contribution is -2.56. The standard InChI is InChI=1S/C13H19FN2O/c1-9(2)16-13(3,12(15)17)8-10-4-6-11(14)7-5-10/h4-7,9,16H,8H2,1-3H3,(H2,15,17). The number of carbonyl (C=O) groups is 1. The zero-order valence-electron chi connectivity index (χ0n) is 10.5. The average Bonchev–Trinajstić information content (AvgIpc) is 2.20. The normalized spacial score (nSPS) is 14.6. The molecule has 3 nitrogen and oxygen atoms in total. The second-order valence-corrected chi connectivity index (χ2v) is 4.80. The summed E-state index contributed by atoms with van der Waals surface area (Å²) in [6, 6.07) is 6.24. The average molecular weight is 238 g/mol. The lowest BCUT2D eigenvalue weighted by atomic mass is 9.91. The number of nitrogens with one attached hydrogen (secondary N) is 1. The van der Waals surface area contributed by atoms with E-state index >= 15 is 0 Å². The molecule has 0 aliphatic heterocycles. The van der Waals surface area contributed by atoms with Crippen molar-refractivity contribution in [1.29, 1.82) is 0 Å². The molecule has 0 radical (unpaired) electrons. The number of halogens is 1. The number of amides is 1. The molecule has 0 bridgehead atoms. The molecule has 0 heterocycles. The molecule has 0 aliphatic rings. The van der Waals surface area contributed by atoms with Gasteiger partial charge in [-0.2, -0.15) is 0 Å². The van der Waals surface area contributed by atoms with Gasteiger partial charge in [0.25, 0.3) is 0 Å². The Morgan fingerprint density at radius 1 is 1.41 bits per heavy atom. The Kier molecular flexibility index (Phi) is 4.23. The number of nitrogens with two attached hydrogens (primary N) is 1. The minimum Gasteiger partial charge on any atom is -0.368 e. The van der Waals surface area contributed by atoms with Crippen molar-refractivity contribution in [3.05, 3.63) is 35.6 Å². The van der Waals surface area contributed by atoms with E-state index in [9.17, 15) is 9.18 Å². The molecule has 1 unspecified atom stereocenters. The highest BCUT2D eigenvalue weighted by Crippen LogP contribution is 2.14. The zero-order valence-corrected chi connectivity index (χ0v) is 10.5. The van der Waals surface area contributed by atoms with Gasteiger partial charge in [0.15, 0.2) is 0 Å². The number of benzene rings is 1. The summed E-state index contributed by atoms with van der Waals surface area (Å²) in [6.07, 6.45) is 0.445. The first kappa shape index (κ1) is 13.6. The van der Waals surface area contributed by atoms with Crippen LogP contribution in [0.5, 0.6) is 0 Å². The molecule has 1 amide bonds. The Balaban J connectivity index is 2.86. The Labute approximate surface area is 101 Å². The maximum absolute atomic E-state index is 12.8. The van der Waals surface area contributed by atoms with Crippen LogP contribution in [0.1, 0.15) is 26.3 Å². The van der Waals surface area contributed by atoms with Crippen LogP contribution in [-0.2, 0) is 11.2 Å². The number of hydrogen-bond acceptors (Lipinski definition) is 2. The van der Waals surface area contributed by atoms with Crippen molar-refractivity contribution in [2.75, 3.05) is 0 Å². The largest absolute Gasteiger partial charge is 0.368 e. The fraction of sp³-hybridized carbons (Fsp3) is 0.462. The van der Waals surface area contributed by atoms with Gasteiger partial charge in [-0.25, -0.2) is 4.39 Å². The first-order valence-corrected chi connectivity index (χ1v) is 5.65. The van der Waals surface area contributed by atoms with E-state index in [1.807, 2.05) is 13.8 Å². The smallest absolute Gasteiger partial charge is 0.237 e. The van der Waals surface area contributed by atoms with Crippen LogP contribution < -0.4 is 11.1 Å². The van der Waals surface area contributed by atoms with E-state index in [1.165, 1.54) is 12.1 Å². The quantitative estimate of drug-likeness (QED) is 0.818. The van der Waals surface area contributed by atoms with Crippen molar-refractivity contribution in [2.24, 2.45) is 5.73 Å². The van der Waals surface area contributed by atoms with Crippen molar-refractivity contribution < 1.29 is 9.18 Å². The van der Waals surface area contributed by atoms with Crippen molar-refractivity contribution in [2.45, 2.75) is 38.8 Å². The molecule has 0 spiro atoms. The molecule has 0 aromatic heterocycles. The lowest BCUT2D eigenvalue weighted by Gasteiger charge is -2.30. The van der Waals surface area contributed by atoms with E-state index in [-0.39, 0.29) is 11.9 Å². The summed E-state index contributed by atoms with van der Waals surface area (Å²) in [5.41, 5.74) is 5.48. The molecule has 1 aromatic rings. The second-order valence-electron chi connectivity index (χ2n) is 4.80. The topological polar surface area (TPSA) is 55.1 Å². The van der Waals surface area contributed by atoms with Crippen LogP contribution in [0, 0.1) is 5.82 Å². The fourth-order valence-electron chi connectivity index (χ4n) is 1.86. The second kappa shape index (κ2) is 5.27. The van der Waals surface area contributed by atoms with E-state index in [2.05, 4.69) is 5.32 Å². The minimum atomic E-state index is -0.813. The minimum absolute atomic E-state index is 0.146. The van der Waals surface area contributed by atoms with E-state index in [0.717, 1.165) is 5.56 Å². The number of carbonyl (C=O) groups excluding carboxylic acids is 1. The van der Waals surface area contributed by atoms with Crippen LogP contribution in [0.2, 0.25) is 0 Å². The molecule has 0 aliphatic carbocycles. The van der Waals surface area contributed by atoms with Gasteiger partial charge in [0.05, 0.1) is 5.54 Å². The molecule has 17 heavy (non-hydrogen) atoms. The predicted octanol–water partition coefficient (Wildman–Crippen LogP) is 1.61. The summed E-state index contributed by atoms with van der Waals surface area (Å²) >= 11 is 0. The number of primary amides is 1. The molecule has 1 aromatic carbocycles. The van der Waals surface area contributed by atoms with Crippen molar-refractivity contribution >= 4 is 5.91 Å². The third kappa shape index (κ3) is 3.82. The van der Waals surface area contributed by atoms with Crippen LogP contribution in [0.15, 0.2) is 24.3 Å². The first-order chi connectivity index (χ1) is 7.83. The van der Waals surface area contributed by atoms with Gasteiger partial charge in [-0.3, -0.25) is 4.79 Å². The summed E-state index contributed by atoms with van der Waals surface area (Å²) < 4.78 is 12.8. The highest BCUT2D eigenvalue weighted by molar-refractivity contribution is 5.84. The Morgan fingerprint density at radius 3 is 2.35 bits per heavy atom. The van der Waals surface area contributed by atoms with Crippen LogP contribution in [-0.4, -0.2) is 17.5 Å². The predicted molar refractivity (Wildman–Crippen MR) is 66.0 cm³/mol. The van der Waals surface area contributed by atoms with Gasteiger partial charge in [0.1, 0.15) is 5.82 Å². The summed E-state index contributed by atoms with van der Waals surface area (Å²) in [5, 5.41) is 3.15. The number of rotatable bonds is 5. The molecular formula is C13H19FN2O. The maximum Gasteiger partial charge on any atom is 0.237 e. The summed E-state index contributed by atoms with van der Waals surface area (Å²) in [7, 11) is 0. The summed E-state index contributed by atoms with van der Waals surface area (Å²) in [6.45, 7) is 5.66. The molecule has 0 saturated carbocycles. The molecule has 1 rings (SSSR count). The van der Waals surface area contributed by atoms with E-state index in [4.69, 9.17) is 5.73 Å². The first-order valence-electron chi connectivity index (χ1n) is 5.65. The third-order valence-electron chi connectivity index (χ3n) is 2.62. The van der Waals surface area contributed by atoms with E-state index in [0.29, 0.717) is 6.42 Å². The molecule has 4 heteroatoms. The lowest BCUT2D eigenvalue weighted by molar-refractivity contribution is -0.124. The third-order valence-corrected chi connectivity index (χ3v) is 2.62. The Hall–Kier alpha value is -1.42.